The summed E-state index contributed by atoms with van der Waals surface area (Å²) in [6.45, 7) is 0. The maximum absolute atomic E-state index is 10.1. The molecule has 62 valence electrons. The normalized spacial score (nSPS) is 18.7. The van der Waals surface area contributed by atoms with Crippen LogP contribution in [0.25, 0.3) is 0 Å². The van der Waals surface area contributed by atoms with Crippen LogP contribution in [0.1, 0.15) is 44.9 Å². The molecule has 0 aromatic rings. The summed E-state index contributed by atoms with van der Waals surface area (Å²) in [6.07, 6.45) is 11.6. The van der Waals surface area contributed by atoms with Gasteiger partial charge in [0.2, 0.25) is 0 Å². The fourth-order valence-corrected chi connectivity index (χ4v) is 1.55. The molecule has 1 aliphatic rings. The number of hydrogen-bond acceptors (Lipinski definition) is 1. The van der Waals surface area contributed by atoms with Crippen LogP contribution in [0, 0.1) is 0 Å². The van der Waals surface area contributed by atoms with E-state index < -0.39 is 0 Å². The highest BCUT2D eigenvalue weighted by molar-refractivity contribution is 5.49. The van der Waals surface area contributed by atoms with Crippen LogP contribution < -0.4 is 0 Å². The predicted molar refractivity (Wildman–Crippen MR) is 46.5 cm³/mol. The third-order valence-electron chi connectivity index (χ3n) is 2.22. The monoisotopic (exact) mass is 152 g/mol. The van der Waals surface area contributed by atoms with Crippen molar-refractivity contribution in [3.63, 3.8) is 0 Å². The molecule has 0 aromatic heterocycles. The Hall–Kier alpha value is -0.590. The molecular weight excluding hydrogens is 136 g/mol. The Bertz CT molecular complexity index is 147. The van der Waals surface area contributed by atoms with Crippen LogP contribution >= 0.6 is 0 Å². The van der Waals surface area contributed by atoms with E-state index >= 15 is 0 Å². The van der Waals surface area contributed by atoms with E-state index in [-0.39, 0.29) is 0 Å². The zero-order valence-corrected chi connectivity index (χ0v) is 7.01. The smallest absolute Gasteiger partial charge is 0.120 e. The SMILES string of the molecule is O=CCCC1=CCCCCC1. The Morgan fingerprint density at radius 1 is 1.36 bits per heavy atom. The minimum atomic E-state index is 0.714. The van der Waals surface area contributed by atoms with Gasteiger partial charge in [0.1, 0.15) is 6.29 Å². The zero-order valence-electron chi connectivity index (χ0n) is 7.01. The summed E-state index contributed by atoms with van der Waals surface area (Å²) in [6, 6.07) is 0. The van der Waals surface area contributed by atoms with Gasteiger partial charge >= 0.3 is 0 Å². The molecule has 11 heavy (non-hydrogen) atoms. The van der Waals surface area contributed by atoms with E-state index in [1.54, 1.807) is 0 Å². The molecule has 0 N–H and O–H groups in total. The standard InChI is InChI=1S/C10H16O/c11-9-5-8-10-6-3-1-2-4-7-10/h6,9H,1-5,7-8H2. The van der Waals surface area contributed by atoms with Crippen molar-refractivity contribution < 1.29 is 4.79 Å². The summed E-state index contributed by atoms with van der Waals surface area (Å²) < 4.78 is 0. The predicted octanol–water partition coefficient (Wildman–Crippen LogP) is 2.86. The van der Waals surface area contributed by atoms with Gasteiger partial charge in [0.15, 0.2) is 0 Å². The van der Waals surface area contributed by atoms with E-state index in [2.05, 4.69) is 6.08 Å². The van der Waals surface area contributed by atoms with Crippen molar-refractivity contribution in [2.45, 2.75) is 44.9 Å². The third kappa shape index (κ3) is 3.35. The molecule has 0 saturated carbocycles. The summed E-state index contributed by atoms with van der Waals surface area (Å²) in [5, 5.41) is 0. The quantitative estimate of drug-likeness (QED) is 0.449. The first-order chi connectivity index (χ1) is 5.43. The Morgan fingerprint density at radius 3 is 3.09 bits per heavy atom. The molecule has 1 heteroatoms. The fourth-order valence-electron chi connectivity index (χ4n) is 1.55. The van der Waals surface area contributed by atoms with Crippen LogP contribution in [0.15, 0.2) is 11.6 Å². The maximum Gasteiger partial charge on any atom is 0.120 e. The van der Waals surface area contributed by atoms with E-state index in [1.807, 2.05) is 0 Å². The van der Waals surface area contributed by atoms with Crippen LogP contribution in [0.3, 0.4) is 0 Å². The number of hydrogen-bond donors (Lipinski definition) is 0. The van der Waals surface area contributed by atoms with Crippen molar-refractivity contribution in [3.8, 4) is 0 Å². The fraction of sp³-hybridized carbons (Fsp3) is 0.700. The zero-order chi connectivity index (χ0) is 7.94. The summed E-state index contributed by atoms with van der Waals surface area (Å²) in [5.41, 5.74) is 1.51. The molecule has 0 radical (unpaired) electrons. The Balaban J connectivity index is 2.28. The van der Waals surface area contributed by atoms with Gasteiger partial charge in [-0.15, -0.1) is 0 Å². The molecule has 0 spiro atoms. The lowest BCUT2D eigenvalue weighted by atomic mass is 10.1. The summed E-state index contributed by atoms with van der Waals surface area (Å²) in [4.78, 5) is 10.1. The van der Waals surface area contributed by atoms with Gasteiger partial charge in [-0.05, 0) is 32.1 Å². The van der Waals surface area contributed by atoms with E-state index in [0.29, 0.717) is 6.42 Å². The lowest BCUT2D eigenvalue weighted by Crippen LogP contribution is -1.83. The summed E-state index contributed by atoms with van der Waals surface area (Å²) in [5.74, 6) is 0. The van der Waals surface area contributed by atoms with E-state index in [1.165, 1.54) is 37.7 Å². The molecule has 0 aliphatic heterocycles. The second-order valence-electron chi connectivity index (χ2n) is 3.17. The maximum atomic E-state index is 10.1. The largest absolute Gasteiger partial charge is 0.303 e. The van der Waals surface area contributed by atoms with Crippen molar-refractivity contribution in [3.05, 3.63) is 11.6 Å². The summed E-state index contributed by atoms with van der Waals surface area (Å²) >= 11 is 0. The second kappa shape index (κ2) is 5.11. The minimum Gasteiger partial charge on any atom is -0.303 e. The van der Waals surface area contributed by atoms with E-state index in [4.69, 9.17) is 0 Å². The van der Waals surface area contributed by atoms with Crippen molar-refractivity contribution in [2.24, 2.45) is 0 Å². The number of aldehydes is 1. The van der Waals surface area contributed by atoms with E-state index in [0.717, 1.165) is 12.7 Å². The van der Waals surface area contributed by atoms with Crippen molar-refractivity contribution in [2.75, 3.05) is 0 Å². The average Bonchev–Trinajstić information content (AvgIpc) is 2.28. The second-order valence-corrected chi connectivity index (χ2v) is 3.17. The number of rotatable bonds is 3. The van der Waals surface area contributed by atoms with Gasteiger partial charge in [0.05, 0.1) is 0 Å². The molecule has 0 atom stereocenters. The molecule has 0 heterocycles. The van der Waals surface area contributed by atoms with Crippen LogP contribution in [0.5, 0.6) is 0 Å². The minimum absolute atomic E-state index is 0.714. The van der Waals surface area contributed by atoms with Crippen molar-refractivity contribution in [1.29, 1.82) is 0 Å². The van der Waals surface area contributed by atoms with Gasteiger partial charge < -0.3 is 4.79 Å². The Labute approximate surface area is 68.5 Å². The lowest BCUT2D eigenvalue weighted by molar-refractivity contribution is -0.107. The van der Waals surface area contributed by atoms with Crippen LogP contribution in [0.4, 0.5) is 0 Å². The third-order valence-corrected chi connectivity index (χ3v) is 2.22. The van der Waals surface area contributed by atoms with Crippen molar-refractivity contribution >= 4 is 6.29 Å². The topological polar surface area (TPSA) is 17.1 Å². The average molecular weight is 152 g/mol. The molecule has 1 aliphatic carbocycles. The molecule has 0 bridgehead atoms. The lowest BCUT2D eigenvalue weighted by Gasteiger charge is -2.00. The van der Waals surface area contributed by atoms with Gasteiger partial charge in [0.25, 0.3) is 0 Å². The molecule has 0 aromatic carbocycles. The molecule has 0 saturated heterocycles. The van der Waals surface area contributed by atoms with Gasteiger partial charge in [-0.25, -0.2) is 0 Å². The first-order valence-electron chi connectivity index (χ1n) is 4.55. The van der Waals surface area contributed by atoms with Gasteiger partial charge in [-0.2, -0.15) is 0 Å². The Kier molecular flexibility index (Phi) is 3.95. The first-order valence-corrected chi connectivity index (χ1v) is 4.55. The molecule has 0 amide bonds. The van der Waals surface area contributed by atoms with Crippen LogP contribution in [0.2, 0.25) is 0 Å². The van der Waals surface area contributed by atoms with Gasteiger partial charge in [-0.1, -0.05) is 18.1 Å². The highest BCUT2D eigenvalue weighted by Crippen LogP contribution is 2.19. The molecular formula is C10H16O. The Morgan fingerprint density at radius 2 is 2.27 bits per heavy atom. The number of allylic oxidation sites excluding steroid dienone is 2. The van der Waals surface area contributed by atoms with Gasteiger partial charge in [-0.3, -0.25) is 0 Å². The van der Waals surface area contributed by atoms with Crippen LogP contribution in [-0.4, -0.2) is 6.29 Å². The van der Waals surface area contributed by atoms with Crippen LogP contribution in [-0.2, 0) is 4.79 Å². The molecule has 0 unspecified atom stereocenters. The molecule has 0 fully saturated rings. The molecule has 1 nitrogen and oxygen atoms in total. The first kappa shape index (κ1) is 8.51. The number of carbonyl (C=O) groups excluding carboxylic acids is 1. The number of carbonyl (C=O) groups is 1. The molecule has 1 rings (SSSR count). The summed E-state index contributed by atoms with van der Waals surface area (Å²) in [7, 11) is 0. The van der Waals surface area contributed by atoms with E-state index in [9.17, 15) is 4.79 Å². The highest BCUT2D eigenvalue weighted by atomic mass is 16.1. The van der Waals surface area contributed by atoms with Crippen molar-refractivity contribution in [1.82, 2.24) is 0 Å². The highest BCUT2D eigenvalue weighted by Gasteiger charge is 2.01. The van der Waals surface area contributed by atoms with Gasteiger partial charge in [0, 0.05) is 6.42 Å².